The molecule has 0 spiro atoms. The zero-order valence-electron chi connectivity index (χ0n) is 13.6. The summed E-state index contributed by atoms with van der Waals surface area (Å²) in [6.45, 7) is -1.17. The average Bonchev–Trinajstić information content (AvgIpc) is 2.60. The number of amides is 2. The Morgan fingerprint density at radius 3 is 2.27 bits per heavy atom. The van der Waals surface area contributed by atoms with Crippen LogP contribution < -0.4 is 20.3 Å². The third-order valence-corrected chi connectivity index (χ3v) is 3.33. The fraction of sp³-hybridized carbons (Fsp3) is 0.176. The summed E-state index contributed by atoms with van der Waals surface area (Å²) in [4.78, 5) is 24.1. The topological polar surface area (TPSA) is 76.7 Å². The SMILES string of the molecule is CCOc1cc(C(=O)NNC(=O)c2cccc(Cl)c2)ccc1OC(F)F. The van der Waals surface area contributed by atoms with E-state index in [1.54, 1.807) is 19.1 Å². The molecule has 2 aromatic carbocycles. The van der Waals surface area contributed by atoms with Crippen molar-refractivity contribution in [2.75, 3.05) is 6.61 Å². The molecule has 2 rings (SSSR count). The van der Waals surface area contributed by atoms with E-state index in [-0.39, 0.29) is 29.2 Å². The molecular formula is C17H15ClF2N2O4. The summed E-state index contributed by atoms with van der Waals surface area (Å²) in [5.74, 6) is -1.43. The second kappa shape index (κ2) is 9.00. The van der Waals surface area contributed by atoms with E-state index in [0.717, 1.165) is 0 Å². The van der Waals surface area contributed by atoms with Crippen LogP contribution in [0.15, 0.2) is 42.5 Å². The molecule has 0 aliphatic carbocycles. The lowest BCUT2D eigenvalue weighted by molar-refractivity contribution is -0.0514. The minimum absolute atomic E-state index is 0.0124. The maximum absolute atomic E-state index is 12.4. The van der Waals surface area contributed by atoms with Gasteiger partial charge >= 0.3 is 6.61 Å². The lowest BCUT2D eigenvalue weighted by atomic mass is 10.2. The first kappa shape index (κ1) is 19.5. The number of ether oxygens (including phenoxy) is 2. The standard InChI is InChI=1S/C17H15ClF2N2O4/c1-2-25-14-9-11(6-7-13(14)26-17(19)20)16(24)22-21-15(23)10-4-3-5-12(18)8-10/h3-9,17H,2H2,1H3,(H,21,23)(H,22,24). The van der Waals surface area contributed by atoms with Gasteiger partial charge < -0.3 is 9.47 Å². The third kappa shape index (κ3) is 5.32. The molecule has 2 N–H and O–H groups in total. The predicted octanol–water partition coefficient (Wildman–Crippen LogP) is 3.41. The van der Waals surface area contributed by atoms with Gasteiger partial charge in [-0.15, -0.1) is 0 Å². The lowest BCUT2D eigenvalue weighted by Crippen LogP contribution is -2.41. The summed E-state index contributed by atoms with van der Waals surface area (Å²) in [6.07, 6.45) is 0. The predicted molar refractivity (Wildman–Crippen MR) is 90.6 cm³/mol. The number of nitrogens with one attached hydrogen (secondary N) is 2. The van der Waals surface area contributed by atoms with Crippen LogP contribution in [0, 0.1) is 0 Å². The van der Waals surface area contributed by atoms with Crippen LogP contribution in [0.4, 0.5) is 8.78 Å². The Morgan fingerprint density at radius 2 is 1.69 bits per heavy atom. The summed E-state index contributed by atoms with van der Waals surface area (Å²) in [5.41, 5.74) is 4.80. The van der Waals surface area contributed by atoms with Crippen molar-refractivity contribution < 1.29 is 27.8 Å². The van der Waals surface area contributed by atoms with Gasteiger partial charge in [0.1, 0.15) is 0 Å². The summed E-state index contributed by atoms with van der Waals surface area (Å²) in [6, 6.07) is 9.85. The van der Waals surface area contributed by atoms with Crippen LogP contribution in [-0.4, -0.2) is 25.0 Å². The van der Waals surface area contributed by atoms with Crippen molar-refractivity contribution in [2.24, 2.45) is 0 Å². The maximum atomic E-state index is 12.4. The van der Waals surface area contributed by atoms with Crippen molar-refractivity contribution in [1.29, 1.82) is 0 Å². The van der Waals surface area contributed by atoms with Crippen molar-refractivity contribution in [1.82, 2.24) is 10.9 Å². The number of hydrazine groups is 1. The first-order valence-electron chi connectivity index (χ1n) is 7.48. The van der Waals surface area contributed by atoms with Gasteiger partial charge in [-0.05, 0) is 43.3 Å². The van der Waals surface area contributed by atoms with Crippen LogP contribution in [0.3, 0.4) is 0 Å². The molecule has 0 fully saturated rings. The number of carbonyl (C=O) groups is 2. The van der Waals surface area contributed by atoms with Gasteiger partial charge in [0.05, 0.1) is 6.61 Å². The summed E-state index contributed by atoms with van der Waals surface area (Å²) in [7, 11) is 0. The van der Waals surface area contributed by atoms with Gasteiger partial charge in [0.25, 0.3) is 11.8 Å². The molecule has 0 aliphatic heterocycles. The number of hydrogen-bond donors (Lipinski definition) is 2. The minimum atomic E-state index is -3.02. The summed E-state index contributed by atoms with van der Waals surface area (Å²) < 4.78 is 34.3. The van der Waals surface area contributed by atoms with Crippen molar-refractivity contribution in [2.45, 2.75) is 13.5 Å². The van der Waals surface area contributed by atoms with Crippen molar-refractivity contribution in [3.05, 3.63) is 58.6 Å². The van der Waals surface area contributed by atoms with Crippen molar-refractivity contribution >= 4 is 23.4 Å². The second-order valence-electron chi connectivity index (χ2n) is 4.89. The van der Waals surface area contributed by atoms with Crippen molar-refractivity contribution in [3.63, 3.8) is 0 Å². The highest BCUT2D eigenvalue weighted by atomic mass is 35.5. The molecule has 138 valence electrons. The number of carbonyl (C=O) groups excluding carboxylic acids is 2. The number of halogens is 3. The van der Waals surface area contributed by atoms with Gasteiger partial charge in [-0.3, -0.25) is 20.4 Å². The maximum Gasteiger partial charge on any atom is 0.387 e. The summed E-state index contributed by atoms with van der Waals surface area (Å²) in [5, 5.41) is 0.375. The Labute approximate surface area is 153 Å². The van der Waals surface area contributed by atoms with Gasteiger partial charge in [0, 0.05) is 16.1 Å². The molecule has 0 saturated heterocycles. The van der Waals surface area contributed by atoms with E-state index >= 15 is 0 Å². The van der Waals surface area contributed by atoms with E-state index in [1.807, 2.05) is 0 Å². The fourth-order valence-corrected chi connectivity index (χ4v) is 2.19. The molecule has 0 atom stereocenters. The van der Waals surface area contributed by atoms with Crippen LogP contribution in [0.1, 0.15) is 27.6 Å². The molecule has 0 radical (unpaired) electrons. The fourth-order valence-electron chi connectivity index (χ4n) is 2.00. The molecule has 6 nitrogen and oxygen atoms in total. The summed E-state index contributed by atoms with van der Waals surface area (Å²) >= 11 is 5.80. The second-order valence-corrected chi connectivity index (χ2v) is 5.33. The van der Waals surface area contributed by atoms with Crippen molar-refractivity contribution in [3.8, 4) is 11.5 Å². The Morgan fingerprint density at radius 1 is 1.04 bits per heavy atom. The van der Waals surface area contributed by atoms with Gasteiger partial charge in [-0.1, -0.05) is 17.7 Å². The van der Waals surface area contributed by atoms with Gasteiger partial charge in [0.2, 0.25) is 0 Å². The van der Waals surface area contributed by atoms with E-state index in [9.17, 15) is 18.4 Å². The van der Waals surface area contributed by atoms with Crippen LogP contribution >= 0.6 is 11.6 Å². The van der Waals surface area contributed by atoms with E-state index in [4.69, 9.17) is 16.3 Å². The minimum Gasteiger partial charge on any atom is -0.490 e. The Bertz CT molecular complexity index is 802. The first-order valence-corrected chi connectivity index (χ1v) is 7.86. The van der Waals surface area contributed by atoms with Gasteiger partial charge in [0.15, 0.2) is 11.5 Å². The largest absolute Gasteiger partial charge is 0.490 e. The highest BCUT2D eigenvalue weighted by Crippen LogP contribution is 2.29. The van der Waals surface area contributed by atoms with Crippen LogP contribution in [-0.2, 0) is 0 Å². The number of benzene rings is 2. The van der Waals surface area contributed by atoms with Gasteiger partial charge in [-0.25, -0.2) is 0 Å². The monoisotopic (exact) mass is 384 g/mol. The molecule has 2 aromatic rings. The van der Waals surface area contributed by atoms with Crippen LogP contribution in [0.2, 0.25) is 5.02 Å². The third-order valence-electron chi connectivity index (χ3n) is 3.10. The normalized spacial score (nSPS) is 10.3. The molecule has 0 saturated carbocycles. The Hall–Kier alpha value is -2.87. The molecule has 0 heterocycles. The Balaban J connectivity index is 2.06. The van der Waals surface area contributed by atoms with E-state index in [2.05, 4.69) is 15.6 Å². The molecule has 0 unspecified atom stereocenters. The van der Waals surface area contributed by atoms with Crippen LogP contribution in [0.5, 0.6) is 11.5 Å². The molecule has 0 bridgehead atoms. The number of hydrogen-bond acceptors (Lipinski definition) is 4. The number of alkyl halides is 2. The highest BCUT2D eigenvalue weighted by Gasteiger charge is 2.15. The zero-order chi connectivity index (χ0) is 19.1. The van der Waals surface area contributed by atoms with Gasteiger partial charge in [-0.2, -0.15) is 8.78 Å². The lowest BCUT2D eigenvalue weighted by Gasteiger charge is -2.13. The number of rotatable bonds is 6. The molecule has 26 heavy (non-hydrogen) atoms. The van der Waals surface area contributed by atoms with E-state index in [1.165, 1.54) is 30.3 Å². The smallest absolute Gasteiger partial charge is 0.387 e. The molecular weight excluding hydrogens is 370 g/mol. The molecule has 0 aromatic heterocycles. The Kier molecular flexibility index (Phi) is 6.74. The van der Waals surface area contributed by atoms with E-state index in [0.29, 0.717) is 5.02 Å². The molecule has 9 heteroatoms. The molecule has 2 amide bonds. The molecule has 0 aliphatic rings. The van der Waals surface area contributed by atoms with E-state index < -0.39 is 18.4 Å². The highest BCUT2D eigenvalue weighted by molar-refractivity contribution is 6.30. The zero-order valence-corrected chi connectivity index (χ0v) is 14.3. The first-order chi connectivity index (χ1) is 12.4. The average molecular weight is 385 g/mol. The van der Waals surface area contributed by atoms with Crippen LogP contribution in [0.25, 0.3) is 0 Å². The quantitative estimate of drug-likeness (QED) is 0.748.